The predicted octanol–water partition coefficient (Wildman–Crippen LogP) is 2.14. The molecule has 1 saturated carbocycles. The zero-order valence-electron chi connectivity index (χ0n) is 11.8. The van der Waals surface area contributed by atoms with Gasteiger partial charge >= 0.3 is 5.22 Å². The first kappa shape index (κ1) is 14.3. The number of hydrogen-bond donors (Lipinski definition) is 1. The number of rotatable bonds is 3. The Labute approximate surface area is 123 Å². The van der Waals surface area contributed by atoms with Crippen LogP contribution in [0.4, 0.5) is 5.69 Å². The molecule has 2 aromatic rings. The van der Waals surface area contributed by atoms with Gasteiger partial charge in [0.1, 0.15) is 5.52 Å². The maximum Gasteiger partial charge on any atom is 0.316 e. The molecular formula is C14H18N2O4S. The molecule has 2 unspecified atom stereocenters. The van der Waals surface area contributed by atoms with Gasteiger partial charge in [-0.15, -0.1) is 0 Å². The van der Waals surface area contributed by atoms with Crippen molar-refractivity contribution in [1.82, 2.24) is 4.98 Å². The van der Waals surface area contributed by atoms with Gasteiger partial charge in [-0.3, -0.25) is 0 Å². The summed E-state index contributed by atoms with van der Waals surface area (Å²) in [5.41, 5.74) is 7.08. The highest BCUT2D eigenvalue weighted by molar-refractivity contribution is 7.91. The fourth-order valence-corrected chi connectivity index (χ4v) is 4.44. The van der Waals surface area contributed by atoms with Crippen LogP contribution in [0.1, 0.15) is 25.7 Å². The molecule has 2 atom stereocenters. The van der Waals surface area contributed by atoms with E-state index in [2.05, 4.69) is 4.98 Å². The molecule has 3 rings (SSSR count). The Kier molecular flexibility index (Phi) is 3.62. The minimum absolute atomic E-state index is 0.0152. The second-order valence-corrected chi connectivity index (χ2v) is 7.50. The van der Waals surface area contributed by atoms with Gasteiger partial charge in [-0.25, -0.2) is 8.42 Å². The van der Waals surface area contributed by atoms with Crippen molar-refractivity contribution >= 4 is 26.6 Å². The summed E-state index contributed by atoms with van der Waals surface area (Å²) >= 11 is 0. The average molecular weight is 310 g/mol. The summed E-state index contributed by atoms with van der Waals surface area (Å²) < 4.78 is 36.0. The summed E-state index contributed by atoms with van der Waals surface area (Å²) in [5, 5.41) is -0.716. The Morgan fingerprint density at radius 1 is 1.38 bits per heavy atom. The van der Waals surface area contributed by atoms with Gasteiger partial charge in [0, 0.05) is 18.9 Å². The van der Waals surface area contributed by atoms with E-state index in [9.17, 15) is 8.42 Å². The van der Waals surface area contributed by atoms with Crippen LogP contribution >= 0.6 is 0 Å². The van der Waals surface area contributed by atoms with E-state index < -0.39 is 15.1 Å². The van der Waals surface area contributed by atoms with Gasteiger partial charge in [0.2, 0.25) is 9.84 Å². The van der Waals surface area contributed by atoms with Crippen LogP contribution in [0.3, 0.4) is 0 Å². The summed E-state index contributed by atoms with van der Waals surface area (Å²) in [7, 11) is -1.97. The molecule has 1 aliphatic rings. The number of benzene rings is 1. The highest BCUT2D eigenvalue weighted by Crippen LogP contribution is 2.31. The van der Waals surface area contributed by atoms with Gasteiger partial charge in [-0.05, 0) is 37.8 Å². The van der Waals surface area contributed by atoms with Gasteiger partial charge < -0.3 is 14.9 Å². The van der Waals surface area contributed by atoms with Crippen LogP contribution < -0.4 is 5.73 Å². The van der Waals surface area contributed by atoms with E-state index in [-0.39, 0.29) is 11.3 Å². The molecule has 1 aliphatic carbocycles. The predicted molar refractivity (Wildman–Crippen MR) is 78.7 cm³/mol. The Morgan fingerprint density at radius 2 is 2.19 bits per heavy atom. The van der Waals surface area contributed by atoms with Crippen molar-refractivity contribution in [1.29, 1.82) is 0 Å². The Balaban J connectivity index is 1.95. The van der Waals surface area contributed by atoms with Crippen molar-refractivity contribution in [2.45, 2.75) is 42.3 Å². The largest absolute Gasteiger partial charge is 0.428 e. The number of hydrogen-bond acceptors (Lipinski definition) is 6. The van der Waals surface area contributed by atoms with Crippen LogP contribution in [-0.2, 0) is 14.6 Å². The quantitative estimate of drug-likeness (QED) is 0.873. The molecule has 1 fully saturated rings. The summed E-state index contributed by atoms with van der Waals surface area (Å²) in [6, 6.07) is 4.91. The first-order chi connectivity index (χ1) is 10.0. The summed E-state index contributed by atoms with van der Waals surface area (Å²) in [6.45, 7) is 0. The smallest absolute Gasteiger partial charge is 0.316 e. The van der Waals surface area contributed by atoms with Crippen molar-refractivity contribution in [2.24, 2.45) is 0 Å². The number of oxazole rings is 1. The molecule has 0 saturated heterocycles. The lowest BCUT2D eigenvalue weighted by atomic mass is 9.97. The maximum atomic E-state index is 12.7. The first-order valence-corrected chi connectivity index (χ1v) is 8.48. The molecule has 1 aromatic carbocycles. The van der Waals surface area contributed by atoms with E-state index in [1.165, 1.54) is 0 Å². The van der Waals surface area contributed by atoms with Gasteiger partial charge in [0.05, 0.1) is 11.4 Å². The normalized spacial score (nSPS) is 23.5. The number of nitrogen functional groups attached to an aromatic ring is 1. The van der Waals surface area contributed by atoms with E-state index in [0.717, 1.165) is 12.8 Å². The van der Waals surface area contributed by atoms with Crippen LogP contribution in [0.5, 0.6) is 0 Å². The number of nitrogens with two attached hydrogens (primary N) is 1. The van der Waals surface area contributed by atoms with Crippen molar-refractivity contribution in [3.8, 4) is 0 Å². The van der Waals surface area contributed by atoms with Crippen LogP contribution in [0.2, 0.25) is 0 Å². The first-order valence-electron chi connectivity index (χ1n) is 6.93. The van der Waals surface area contributed by atoms with Gasteiger partial charge in [0.15, 0.2) is 5.58 Å². The van der Waals surface area contributed by atoms with Gasteiger partial charge in [0.25, 0.3) is 0 Å². The highest BCUT2D eigenvalue weighted by atomic mass is 32.2. The Hall–Kier alpha value is -1.60. The van der Waals surface area contributed by atoms with Crippen molar-refractivity contribution in [2.75, 3.05) is 12.8 Å². The van der Waals surface area contributed by atoms with Crippen molar-refractivity contribution in [3.05, 3.63) is 18.2 Å². The van der Waals surface area contributed by atoms with E-state index in [1.807, 2.05) is 0 Å². The molecule has 1 heterocycles. The summed E-state index contributed by atoms with van der Waals surface area (Å²) in [5.74, 6) is 0. The standard InChI is InChI=1S/C14H18N2O4S/c1-19-10-3-2-4-11(8-10)21(17,18)14-16-12-6-5-9(15)7-13(12)20-14/h5-7,10-11H,2-4,8,15H2,1H3. The molecule has 114 valence electrons. The second kappa shape index (κ2) is 5.31. The number of ether oxygens (including phenoxy) is 1. The third kappa shape index (κ3) is 2.63. The zero-order chi connectivity index (χ0) is 15.0. The average Bonchev–Trinajstić information content (AvgIpc) is 2.91. The SMILES string of the molecule is COC1CCCC(S(=O)(=O)c2nc3ccc(N)cc3o2)C1. The molecule has 7 heteroatoms. The van der Waals surface area contributed by atoms with Crippen LogP contribution in [0.15, 0.2) is 27.8 Å². The molecule has 0 amide bonds. The monoisotopic (exact) mass is 310 g/mol. The summed E-state index contributed by atoms with van der Waals surface area (Å²) in [4.78, 5) is 4.10. The molecular weight excluding hydrogens is 292 g/mol. The Bertz CT molecular complexity index is 753. The molecule has 21 heavy (non-hydrogen) atoms. The number of methoxy groups -OCH3 is 1. The molecule has 6 nitrogen and oxygen atoms in total. The number of anilines is 1. The van der Waals surface area contributed by atoms with E-state index in [0.29, 0.717) is 29.6 Å². The minimum atomic E-state index is -3.58. The Morgan fingerprint density at radius 3 is 2.95 bits per heavy atom. The third-order valence-corrected chi connectivity index (χ3v) is 5.95. The number of fused-ring (bicyclic) bond motifs is 1. The van der Waals surface area contributed by atoms with E-state index in [1.54, 1.807) is 25.3 Å². The molecule has 0 aliphatic heterocycles. The summed E-state index contributed by atoms with van der Waals surface area (Å²) in [6.07, 6.45) is 2.81. The number of nitrogens with zero attached hydrogens (tertiary/aromatic N) is 1. The van der Waals surface area contributed by atoms with Crippen molar-refractivity contribution in [3.63, 3.8) is 0 Å². The fraction of sp³-hybridized carbons (Fsp3) is 0.500. The van der Waals surface area contributed by atoms with E-state index in [4.69, 9.17) is 14.9 Å². The van der Waals surface area contributed by atoms with Gasteiger partial charge in [-0.2, -0.15) is 4.98 Å². The lowest BCUT2D eigenvalue weighted by Crippen LogP contribution is -2.31. The van der Waals surface area contributed by atoms with Gasteiger partial charge in [-0.1, -0.05) is 0 Å². The zero-order valence-corrected chi connectivity index (χ0v) is 12.6. The number of sulfone groups is 1. The van der Waals surface area contributed by atoms with Crippen LogP contribution in [0, 0.1) is 0 Å². The lowest BCUT2D eigenvalue weighted by molar-refractivity contribution is 0.0718. The highest BCUT2D eigenvalue weighted by Gasteiger charge is 2.36. The van der Waals surface area contributed by atoms with Crippen LogP contribution in [-0.4, -0.2) is 31.9 Å². The maximum absolute atomic E-state index is 12.7. The number of aromatic nitrogens is 1. The molecule has 1 aromatic heterocycles. The van der Waals surface area contributed by atoms with E-state index >= 15 is 0 Å². The van der Waals surface area contributed by atoms with Crippen LogP contribution in [0.25, 0.3) is 11.1 Å². The second-order valence-electron chi connectivity index (χ2n) is 5.40. The topological polar surface area (TPSA) is 95.4 Å². The van der Waals surface area contributed by atoms with Crippen molar-refractivity contribution < 1.29 is 17.6 Å². The third-order valence-electron chi connectivity index (χ3n) is 3.99. The molecule has 0 radical (unpaired) electrons. The molecule has 2 N–H and O–H groups in total. The molecule has 0 bridgehead atoms. The minimum Gasteiger partial charge on any atom is -0.428 e. The lowest BCUT2D eigenvalue weighted by Gasteiger charge is -2.26. The molecule has 0 spiro atoms. The fourth-order valence-electron chi connectivity index (χ4n) is 2.78.